The normalized spacial score (nSPS) is 10.5. The third kappa shape index (κ3) is 3.88. The molecule has 0 saturated heterocycles. The van der Waals surface area contributed by atoms with Crippen molar-refractivity contribution in [3.05, 3.63) is 64.4 Å². The van der Waals surface area contributed by atoms with E-state index in [4.69, 9.17) is 4.74 Å². The summed E-state index contributed by atoms with van der Waals surface area (Å²) in [5.74, 6) is 0.495. The zero-order chi connectivity index (χ0) is 17.8. The van der Waals surface area contributed by atoms with E-state index in [1.54, 1.807) is 4.68 Å². The minimum atomic E-state index is -0.294. The number of amides is 1. The zero-order valence-electron chi connectivity index (χ0n) is 13.9. The van der Waals surface area contributed by atoms with Crippen LogP contribution < -0.4 is 10.1 Å². The SMILES string of the molecule is CCOc1ccc(-n2nnc(C(=O)Nc3ccc(Br)cc3)c2C)cc1. The minimum absolute atomic E-state index is 0.289. The summed E-state index contributed by atoms with van der Waals surface area (Å²) in [6.45, 7) is 4.36. The van der Waals surface area contributed by atoms with Crippen molar-refractivity contribution in [2.75, 3.05) is 11.9 Å². The number of aromatic nitrogens is 3. The second kappa shape index (κ2) is 7.48. The molecule has 0 fully saturated rings. The van der Waals surface area contributed by atoms with Gasteiger partial charge in [-0.1, -0.05) is 21.1 Å². The molecule has 128 valence electrons. The number of nitrogens with zero attached hydrogens (tertiary/aromatic N) is 3. The largest absolute Gasteiger partial charge is 0.494 e. The highest BCUT2D eigenvalue weighted by molar-refractivity contribution is 9.10. The van der Waals surface area contributed by atoms with Crippen molar-refractivity contribution in [3.63, 3.8) is 0 Å². The smallest absolute Gasteiger partial charge is 0.278 e. The first kappa shape index (κ1) is 17.2. The molecule has 0 unspecified atom stereocenters. The predicted molar refractivity (Wildman–Crippen MR) is 99.4 cm³/mol. The van der Waals surface area contributed by atoms with Crippen molar-refractivity contribution in [2.45, 2.75) is 13.8 Å². The zero-order valence-corrected chi connectivity index (χ0v) is 15.4. The van der Waals surface area contributed by atoms with E-state index in [-0.39, 0.29) is 11.6 Å². The van der Waals surface area contributed by atoms with E-state index in [0.717, 1.165) is 15.9 Å². The Morgan fingerprint density at radius 3 is 2.48 bits per heavy atom. The molecule has 6 nitrogen and oxygen atoms in total. The van der Waals surface area contributed by atoms with Crippen molar-refractivity contribution in [1.29, 1.82) is 0 Å². The summed E-state index contributed by atoms with van der Waals surface area (Å²) in [5, 5.41) is 10.9. The molecule has 0 spiro atoms. The predicted octanol–water partition coefficient (Wildman–Crippen LogP) is 3.99. The van der Waals surface area contributed by atoms with Crippen LogP contribution in [0.5, 0.6) is 5.75 Å². The van der Waals surface area contributed by atoms with Gasteiger partial charge in [-0.3, -0.25) is 4.79 Å². The number of carbonyl (C=O) groups excluding carboxylic acids is 1. The molecule has 0 saturated carbocycles. The molecule has 1 N–H and O–H groups in total. The van der Waals surface area contributed by atoms with Gasteiger partial charge in [-0.2, -0.15) is 0 Å². The third-order valence-corrected chi connectivity index (χ3v) is 4.13. The first-order valence-corrected chi connectivity index (χ1v) is 8.60. The number of hydrogen-bond donors (Lipinski definition) is 1. The van der Waals surface area contributed by atoms with Gasteiger partial charge in [0.05, 0.1) is 18.0 Å². The Morgan fingerprint density at radius 1 is 1.16 bits per heavy atom. The van der Waals surface area contributed by atoms with E-state index < -0.39 is 0 Å². The molecule has 0 atom stereocenters. The van der Waals surface area contributed by atoms with Gasteiger partial charge in [0.15, 0.2) is 5.69 Å². The molecule has 0 aliphatic rings. The van der Waals surface area contributed by atoms with Crippen LogP contribution in [0.2, 0.25) is 0 Å². The Hall–Kier alpha value is -2.67. The Balaban J connectivity index is 1.80. The topological polar surface area (TPSA) is 69.0 Å². The number of nitrogens with one attached hydrogen (secondary N) is 1. The summed E-state index contributed by atoms with van der Waals surface area (Å²) in [4.78, 5) is 12.4. The highest BCUT2D eigenvalue weighted by Gasteiger charge is 2.17. The van der Waals surface area contributed by atoms with Crippen LogP contribution >= 0.6 is 15.9 Å². The number of halogens is 1. The molecular formula is C18H17BrN4O2. The summed E-state index contributed by atoms with van der Waals surface area (Å²) in [6.07, 6.45) is 0. The number of benzene rings is 2. The van der Waals surface area contributed by atoms with E-state index in [9.17, 15) is 4.79 Å². The van der Waals surface area contributed by atoms with Gasteiger partial charge in [0.25, 0.3) is 5.91 Å². The van der Waals surface area contributed by atoms with Crippen LogP contribution in [0.1, 0.15) is 23.1 Å². The highest BCUT2D eigenvalue weighted by atomic mass is 79.9. The van der Waals surface area contributed by atoms with Crippen LogP contribution in [0.25, 0.3) is 5.69 Å². The third-order valence-electron chi connectivity index (χ3n) is 3.60. The van der Waals surface area contributed by atoms with E-state index >= 15 is 0 Å². The lowest BCUT2D eigenvalue weighted by molar-refractivity contribution is 0.102. The quantitative estimate of drug-likeness (QED) is 0.702. The molecular weight excluding hydrogens is 384 g/mol. The summed E-state index contributed by atoms with van der Waals surface area (Å²) < 4.78 is 8.01. The van der Waals surface area contributed by atoms with Crippen molar-refractivity contribution >= 4 is 27.5 Å². The van der Waals surface area contributed by atoms with Gasteiger partial charge in [-0.25, -0.2) is 4.68 Å². The summed E-state index contributed by atoms with van der Waals surface area (Å²) in [7, 11) is 0. The van der Waals surface area contributed by atoms with Crippen LogP contribution in [0.3, 0.4) is 0 Å². The average Bonchev–Trinajstić information content (AvgIpc) is 2.99. The van der Waals surface area contributed by atoms with Crippen LogP contribution in [-0.4, -0.2) is 27.5 Å². The van der Waals surface area contributed by atoms with E-state index in [1.807, 2.05) is 62.4 Å². The number of hydrogen-bond acceptors (Lipinski definition) is 4. The number of ether oxygens (including phenoxy) is 1. The van der Waals surface area contributed by atoms with Crippen molar-refractivity contribution in [3.8, 4) is 11.4 Å². The van der Waals surface area contributed by atoms with Crippen LogP contribution in [0, 0.1) is 6.92 Å². The van der Waals surface area contributed by atoms with Gasteiger partial charge in [0.2, 0.25) is 0 Å². The average molecular weight is 401 g/mol. The van der Waals surface area contributed by atoms with Crippen molar-refractivity contribution in [2.24, 2.45) is 0 Å². The molecule has 0 radical (unpaired) electrons. The van der Waals surface area contributed by atoms with Gasteiger partial charge >= 0.3 is 0 Å². The maximum absolute atomic E-state index is 12.4. The summed E-state index contributed by atoms with van der Waals surface area (Å²) >= 11 is 3.36. The first-order chi connectivity index (χ1) is 12.1. The van der Waals surface area contributed by atoms with Crippen LogP contribution in [0.15, 0.2) is 53.0 Å². The Bertz CT molecular complexity index is 873. The van der Waals surface area contributed by atoms with Crippen LogP contribution in [0.4, 0.5) is 5.69 Å². The Morgan fingerprint density at radius 2 is 1.84 bits per heavy atom. The highest BCUT2D eigenvalue weighted by Crippen LogP contribution is 2.19. The fourth-order valence-electron chi connectivity index (χ4n) is 2.36. The lowest BCUT2D eigenvalue weighted by atomic mass is 10.2. The fourth-order valence-corrected chi connectivity index (χ4v) is 2.62. The minimum Gasteiger partial charge on any atom is -0.494 e. The molecule has 0 aliphatic heterocycles. The molecule has 7 heteroatoms. The Kier molecular flexibility index (Phi) is 5.14. The van der Waals surface area contributed by atoms with E-state index in [2.05, 4.69) is 31.6 Å². The fraction of sp³-hybridized carbons (Fsp3) is 0.167. The van der Waals surface area contributed by atoms with E-state index in [1.165, 1.54) is 0 Å². The maximum atomic E-state index is 12.4. The summed E-state index contributed by atoms with van der Waals surface area (Å²) in [6, 6.07) is 14.8. The van der Waals surface area contributed by atoms with Gasteiger partial charge < -0.3 is 10.1 Å². The second-order valence-electron chi connectivity index (χ2n) is 5.32. The first-order valence-electron chi connectivity index (χ1n) is 7.81. The molecule has 0 bridgehead atoms. The number of anilines is 1. The lowest BCUT2D eigenvalue weighted by Gasteiger charge is -2.07. The molecule has 1 aromatic heterocycles. The van der Waals surface area contributed by atoms with Crippen molar-refractivity contribution in [1.82, 2.24) is 15.0 Å². The van der Waals surface area contributed by atoms with Crippen LogP contribution in [-0.2, 0) is 0 Å². The molecule has 1 heterocycles. The molecule has 1 amide bonds. The van der Waals surface area contributed by atoms with Gasteiger partial charge in [-0.05, 0) is 62.4 Å². The molecule has 2 aromatic carbocycles. The van der Waals surface area contributed by atoms with Crippen molar-refractivity contribution < 1.29 is 9.53 Å². The lowest BCUT2D eigenvalue weighted by Crippen LogP contribution is -2.14. The van der Waals surface area contributed by atoms with Gasteiger partial charge in [0, 0.05) is 10.2 Å². The molecule has 3 aromatic rings. The molecule has 25 heavy (non-hydrogen) atoms. The van der Waals surface area contributed by atoms with Gasteiger partial charge in [-0.15, -0.1) is 5.10 Å². The maximum Gasteiger partial charge on any atom is 0.278 e. The molecule has 3 rings (SSSR count). The Labute approximate surface area is 153 Å². The number of carbonyl (C=O) groups is 1. The van der Waals surface area contributed by atoms with Gasteiger partial charge in [0.1, 0.15) is 5.75 Å². The summed E-state index contributed by atoms with van der Waals surface area (Å²) in [5.41, 5.74) is 2.47. The van der Waals surface area contributed by atoms with E-state index in [0.29, 0.717) is 18.0 Å². The standard InChI is InChI=1S/C18H17BrN4O2/c1-3-25-16-10-8-15(9-11-16)23-12(2)17(21-22-23)18(24)20-14-6-4-13(19)5-7-14/h4-11H,3H2,1-2H3,(H,20,24). The molecule has 0 aliphatic carbocycles. The monoisotopic (exact) mass is 400 g/mol. The second-order valence-corrected chi connectivity index (χ2v) is 6.24. The number of rotatable bonds is 5.